The molecule has 1 unspecified atom stereocenters. The van der Waals surface area contributed by atoms with Gasteiger partial charge in [-0.2, -0.15) is 0 Å². The summed E-state index contributed by atoms with van der Waals surface area (Å²) in [6.07, 6.45) is 3.39. The minimum absolute atomic E-state index is 0.321. The average Bonchev–Trinajstić information content (AvgIpc) is 2.18. The molecule has 1 rings (SSSR count). The summed E-state index contributed by atoms with van der Waals surface area (Å²) in [5, 5.41) is 3.21. The van der Waals surface area contributed by atoms with Crippen molar-refractivity contribution < 1.29 is 4.39 Å². The van der Waals surface area contributed by atoms with E-state index in [1.807, 2.05) is 14.0 Å². The van der Waals surface area contributed by atoms with Gasteiger partial charge in [-0.3, -0.25) is 0 Å². The quantitative estimate of drug-likeness (QED) is 0.774. The molecule has 0 saturated heterocycles. The van der Waals surface area contributed by atoms with Crippen LogP contribution in [0.3, 0.4) is 0 Å². The number of rotatable bonds is 5. The zero-order valence-corrected chi connectivity index (χ0v) is 10.4. The molecule has 0 aliphatic heterocycles. The maximum Gasteiger partial charge on any atom is 0.139 e. The first-order chi connectivity index (χ1) is 7.20. The molecule has 1 aliphatic rings. The third-order valence-corrected chi connectivity index (χ3v) is 3.69. The van der Waals surface area contributed by atoms with Crippen molar-refractivity contribution in [1.29, 1.82) is 0 Å². The number of allylic oxidation sites excluding steroid dienone is 2. The maximum absolute atomic E-state index is 12.4. The third kappa shape index (κ3) is 3.35. The summed E-state index contributed by atoms with van der Waals surface area (Å²) in [5.41, 5.74) is 2.41. The van der Waals surface area contributed by atoms with Crippen LogP contribution in [0.1, 0.15) is 26.2 Å². The van der Waals surface area contributed by atoms with E-state index in [0.717, 1.165) is 18.5 Å². The lowest BCUT2D eigenvalue weighted by Gasteiger charge is -2.28. The number of hydrogen-bond acceptors (Lipinski definition) is 2. The van der Waals surface area contributed by atoms with E-state index in [9.17, 15) is 4.39 Å². The van der Waals surface area contributed by atoms with Crippen LogP contribution in [0.25, 0.3) is 0 Å². The predicted molar refractivity (Wildman–Crippen MR) is 66.7 cm³/mol. The van der Waals surface area contributed by atoms with E-state index in [1.165, 1.54) is 35.1 Å². The van der Waals surface area contributed by atoms with E-state index in [0.29, 0.717) is 5.92 Å². The van der Waals surface area contributed by atoms with E-state index in [2.05, 4.69) is 11.9 Å². The molecule has 0 fully saturated rings. The Hall–Kier alpha value is -0.280. The molecule has 1 nitrogen and oxygen atoms in total. The third-order valence-electron chi connectivity index (χ3n) is 2.80. The van der Waals surface area contributed by atoms with E-state index >= 15 is 0 Å². The maximum atomic E-state index is 12.4. The lowest BCUT2D eigenvalue weighted by atomic mass is 9.84. The Bertz CT molecular complexity index is 260. The molecule has 0 aromatic heterocycles. The fraction of sp³-hybridized carbons (Fsp3) is 0.667. The summed E-state index contributed by atoms with van der Waals surface area (Å²) in [7, 11) is 1.96. The van der Waals surface area contributed by atoms with Gasteiger partial charge in [-0.1, -0.05) is 23.9 Å². The number of hydrogen-bond donors (Lipinski definition) is 1. The zero-order chi connectivity index (χ0) is 11.3. The van der Waals surface area contributed by atoms with E-state index in [4.69, 9.17) is 0 Å². The normalized spacial score (nSPS) is 21.9. The summed E-state index contributed by atoms with van der Waals surface area (Å²) in [5.74, 6) is 0.523. The second-order valence-corrected chi connectivity index (χ2v) is 5.02. The van der Waals surface area contributed by atoms with Crippen molar-refractivity contribution in [1.82, 2.24) is 5.32 Å². The van der Waals surface area contributed by atoms with Crippen molar-refractivity contribution >= 4 is 11.8 Å². The number of halogens is 1. The highest BCUT2D eigenvalue weighted by molar-refractivity contribution is 8.02. The second-order valence-electron chi connectivity index (χ2n) is 4.02. The van der Waals surface area contributed by atoms with Crippen LogP contribution in [0.5, 0.6) is 0 Å². The van der Waals surface area contributed by atoms with Crippen molar-refractivity contribution in [2.75, 3.05) is 19.6 Å². The van der Waals surface area contributed by atoms with Gasteiger partial charge in [0, 0.05) is 6.54 Å². The summed E-state index contributed by atoms with van der Waals surface area (Å²) in [6, 6.07) is -0.321. The van der Waals surface area contributed by atoms with Crippen LogP contribution in [0.4, 0.5) is 4.39 Å². The van der Waals surface area contributed by atoms with Crippen molar-refractivity contribution in [3.8, 4) is 0 Å². The Morgan fingerprint density at radius 2 is 2.40 bits per heavy atom. The molecule has 0 heterocycles. The van der Waals surface area contributed by atoms with Crippen LogP contribution in [-0.2, 0) is 0 Å². The number of nitrogens with one attached hydrogen (secondary N) is 1. The molecule has 1 aliphatic carbocycles. The Labute approximate surface area is 96.2 Å². The SMILES string of the molecule is C=C(C)C1=C(SCF)CCCC1CNC. The summed E-state index contributed by atoms with van der Waals surface area (Å²) >= 11 is 1.34. The van der Waals surface area contributed by atoms with Crippen molar-refractivity contribution in [3.63, 3.8) is 0 Å². The van der Waals surface area contributed by atoms with Crippen LogP contribution in [0, 0.1) is 5.92 Å². The lowest BCUT2D eigenvalue weighted by Crippen LogP contribution is -2.24. The Morgan fingerprint density at radius 3 is 2.93 bits per heavy atom. The minimum Gasteiger partial charge on any atom is -0.319 e. The van der Waals surface area contributed by atoms with Crippen LogP contribution < -0.4 is 5.32 Å². The van der Waals surface area contributed by atoms with Gasteiger partial charge < -0.3 is 5.32 Å². The van der Waals surface area contributed by atoms with Gasteiger partial charge >= 0.3 is 0 Å². The minimum atomic E-state index is -0.321. The first kappa shape index (κ1) is 12.8. The Balaban J connectivity index is 2.89. The molecule has 1 atom stereocenters. The Kier molecular flexibility index (Phi) is 5.40. The van der Waals surface area contributed by atoms with Crippen LogP contribution in [0.2, 0.25) is 0 Å². The van der Waals surface area contributed by atoms with Crippen molar-refractivity contribution in [2.24, 2.45) is 5.92 Å². The predicted octanol–water partition coefficient (Wildman–Crippen LogP) is 3.50. The van der Waals surface area contributed by atoms with Crippen LogP contribution in [0.15, 0.2) is 22.6 Å². The molecule has 0 radical (unpaired) electrons. The molecule has 0 bridgehead atoms. The van der Waals surface area contributed by atoms with Gasteiger partial charge in [0.15, 0.2) is 0 Å². The number of alkyl halides is 1. The van der Waals surface area contributed by atoms with Gasteiger partial charge in [-0.05, 0) is 49.6 Å². The molecule has 0 aromatic rings. The number of thioether (sulfide) groups is 1. The first-order valence-electron chi connectivity index (χ1n) is 5.43. The monoisotopic (exact) mass is 229 g/mol. The molecule has 1 N–H and O–H groups in total. The highest BCUT2D eigenvalue weighted by Gasteiger charge is 2.23. The highest BCUT2D eigenvalue weighted by Crippen LogP contribution is 2.39. The smallest absolute Gasteiger partial charge is 0.139 e. The molecule has 0 saturated carbocycles. The van der Waals surface area contributed by atoms with Crippen molar-refractivity contribution in [2.45, 2.75) is 26.2 Å². The first-order valence-corrected chi connectivity index (χ1v) is 6.41. The van der Waals surface area contributed by atoms with Gasteiger partial charge in [0.1, 0.15) is 6.01 Å². The van der Waals surface area contributed by atoms with Gasteiger partial charge in [0.2, 0.25) is 0 Å². The molecule has 0 spiro atoms. The standard InChI is InChI=1S/C12H20FNS/c1-9(2)12-10(7-14-3)5-4-6-11(12)15-8-13/h10,14H,1,4-8H2,2-3H3. The summed E-state index contributed by atoms with van der Waals surface area (Å²) in [4.78, 5) is 1.22. The average molecular weight is 229 g/mol. The lowest BCUT2D eigenvalue weighted by molar-refractivity contribution is 0.490. The van der Waals surface area contributed by atoms with Crippen LogP contribution in [-0.4, -0.2) is 19.6 Å². The molecule has 0 aromatic carbocycles. The molecule has 3 heteroatoms. The van der Waals surface area contributed by atoms with E-state index < -0.39 is 0 Å². The molecule has 86 valence electrons. The summed E-state index contributed by atoms with van der Waals surface area (Å²) in [6.45, 7) is 7.02. The molecular weight excluding hydrogens is 209 g/mol. The summed E-state index contributed by atoms with van der Waals surface area (Å²) < 4.78 is 12.4. The molecular formula is C12H20FNS. The second kappa shape index (κ2) is 6.33. The van der Waals surface area contributed by atoms with Crippen LogP contribution >= 0.6 is 11.8 Å². The van der Waals surface area contributed by atoms with Gasteiger partial charge in [0.25, 0.3) is 0 Å². The van der Waals surface area contributed by atoms with E-state index in [-0.39, 0.29) is 6.01 Å². The highest BCUT2D eigenvalue weighted by atomic mass is 32.2. The van der Waals surface area contributed by atoms with Gasteiger partial charge in [-0.15, -0.1) is 0 Å². The molecule has 15 heavy (non-hydrogen) atoms. The van der Waals surface area contributed by atoms with Gasteiger partial charge in [-0.25, -0.2) is 4.39 Å². The van der Waals surface area contributed by atoms with E-state index in [1.54, 1.807) is 0 Å². The Morgan fingerprint density at radius 1 is 1.67 bits per heavy atom. The zero-order valence-electron chi connectivity index (χ0n) is 9.61. The topological polar surface area (TPSA) is 12.0 Å². The fourth-order valence-corrected chi connectivity index (χ4v) is 3.19. The van der Waals surface area contributed by atoms with Crippen molar-refractivity contribution in [3.05, 3.63) is 22.6 Å². The fourth-order valence-electron chi connectivity index (χ4n) is 2.27. The van der Waals surface area contributed by atoms with Gasteiger partial charge in [0.05, 0.1) is 0 Å². The largest absolute Gasteiger partial charge is 0.319 e. The molecule has 0 amide bonds.